The molecule has 0 fully saturated rings. The Morgan fingerprint density at radius 2 is 2.12 bits per heavy atom. The van der Waals surface area contributed by atoms with Crippen LogP contribution in [0.2, 0.25) is 0 Å². The summed E-state index contributed by atoms with van der Waals surface area (Å²) in [5, 5.41) is 3.76. The van der Waals surface area contributed by atoms with Crippen LogP contribution >= 0.6 is 0 Å². The van der Waals surface area contributed by atoms with Gasteiger partial charge in [-0.25, -0.2) is 0 Å². The Morgan fingerprint density at radius 1 is 1.31 bits per heavy atom. The molecule has 1 aliphatic rings. The molecule has 0 aliphatic heterocycles. The molecule has 88 valence electrons. The van der Waals surface area contributed by atoms with E-state index in [9.17, 15) is 0 Å². The number of hydrogen-bond donors (Lipinski definition) is 1. The van der Waals surface area contributed by atoms with E-state index in [1.165, 1.54) is 32.1 Å². The molecule has 0 bridgehead atoms. The Morgan fingerprint density at radius 3 is 2.94 bits per heavy atom. The first kappa shape index (κ1) is 11.7. The maximum Gasteiger partial charge on any atom is 0.0325 e. The smallest absolute Gasteiger partial charge is 0.0325 e. The van der Waals surface area contributed by atoms with Gasteiger partial charge in [-0.15, -0.1) is 0 Å². The van der Waals surface area contributed by atoms with Crippen LogP contribution in [0.25, 0.3) is 0 Å². The van der Waals surface area contributed by atoms with Crippen molar-refractivity contribution in [3.63, 3.8) is 0 Å². The van der Waals surface area contributed by atoms with Crippen LogP contribution in [0.15, 0.2) is 24.3 Å². The highest BCUT2D eigenvalue weighted by atomic mass is 14.9. The van der Waals surface area contributed by atoms with Crippen molar-refractivity contribution in [3.05, 3.63) is 35.4 Å². The van der Waals surface area contributed by atoms with E-state index in [0.717, 1.165) is 0 Å². The van der Waals surface area contributed by atoms with Gasteiger partial charge >= 0.3 is 0 Å². The fourth-order valence-corrected chi connectivity index (χ4v) is 2.56. The lowest BCUT2D eigenvalue weighted by atomic mass is 9.98. The predicted octanol–water partition coefficient (Wildman–Crippen LogP) is 3.84. The molecule has 0 saturated carbocycles. The first-order valence-corrected chi connectivity index (χ1v) is 6.65. The molecular weight excluding hydrogens is 194 g/mol. The normalized spacial score (nSPS) is 22.2. The van der Waals surface area contributed by atoms with E-state index in [1.54, 1.807) is 11.1 Å². The first-order chi connectivity index (χ1) is 7.81. The summed E-state index contributed by atoms with van der Waals surface area (Å²) in [5.41, 5.74) is 3.10. The lowest BCUT2D eigenvalue weighted by molar-refractivity contribution is 0.422. The van der Waals surface area contributed by atoms with Crippen LogP contribution in [0.4, 0.5) is 0 Å². The molecule has 1 aromatic rings. The van der Waals surface area contributed by atoms with E-state index in [0.29, 0.717) is 12.1 Å². The second-order valence-electron chi connectivity index (χ2n) is 4.97. The summed E-state index contributed by atoms with van der Waals surface area (Å²) in [6, 6.07) is 10.1. The molecule has 16 heavy (non-hydrogen) atoms. The van der Waals surface area contributed by atoms with Gasteiger partial charge in [0.05, 0.1) is 0 Å². The standard InChI is InChI=1S/C15H23N/c1-3-12(2)16-15-11-7-5-9-13-8-4-6-10-14(13)15/h4,6,8,10,12,15-16H,3,5,7,9,11H2,1-2H3. The highest BCUT2D eigenvalue weighted by Gasteiger charge is 2.18. The molecule has 2 atom stereocenters. The highest BCUT2D eigenvalue weighted by Crippen LogP contribution is 2.28. The summed E-state index contributed by atoms with van der Waals surface area (Å²) in [6.07, 6.45) is 6.45. The number of benzene rings is 1. The fourth-order valence-electron chi connectivity index (χ4n) is 2.56. The summed E-state index contributed by atoms with van der Waals surface area (Å²) >= 11 is 0. The van der Waals surface area contributed by atoms with E-state index < -0.39 is 0 Å². The molecule has 1 heteroatoms. The SMILES string of the molecule is CCC(C)NC1CCCCc2ccccc21. The van der Waals surface area contributed by atoms with Crippen LogP contribution in [0.1, 0.15) is 56.7 Å². The lowest BCUT2D eigenvalue weighted by Gasteiger charge is -2.23. The van der Waals surface area contributed by atoms with Gasteiger partial charge in [-0.2, -0.15) is 0 Å². The van der Waals surface area contributed by atoms with Crippen molar-refractivity contribution < 1.29 is 0 Å². The van der Waals surface area contributed by atoms with Crippen molar-refractivity contribution >= 4 is 0 Å². The number of fused-ring (bicyclic) bond motifs is 1. The van der Waals surface area contributed by atoms with Gasteiger partial charge in [0.25, 0.3) is 0 Å². The van der Waals surface area contributed by atoms with Crippen molar-refractivity contribution in [3.8, 4) is 0 Å². The molecule has 1 aromatic carbocycles. The van der Waals surface area contributed by atoms with E-state index in [4.69, 9.17) is 0 Å². The van der Waals surface area contributed by atoms with Gasteiger partial charge in [0, 0.05) is 12.1 Å². The topological polar surface area (TPSA) is 12.0 Å². The second kappa shape index (κ2) is 5.49. The molecule has 2 unspecified atom stereocenters. The Hall–Kier alpha value is -0.820. The molecule has 1 aliphatic carbocycles. The Bertz CT molecular complexity index is 332. The van der Waals surface area contributed by atoms with Crippen LogP contribution < -0.4 is 5.32 Å². The fraction of sp³-hybridized carbons (Fsp3) is 0.600. The zero-order valence-corrected chi connectivity index (χ0v) is 10.5. The summed E-state index contributed by atoms with van der Waals surface area (Å²) in [4.78, 5) is 0. The zero-order chi connectivity index (χ0) is 11.4. The van der Waals surface area contributed by atoms with Crippen LogP contribution in [-0.4, -0.2) is 6.04 Å². The molecule has 0 amide bonds. The summed E-state index contributed by atoms with van der Waals surface area (Å²) < 4.78 is 0. The van der Waals surface area contributed by atoms with E-state index in [-0.39, 0.29) is 0 Å². The quantitative estimate of drug-likeness (QED) is 0.758. The van der Waals surface area contributed by atoms with Crippen LogP contribution in [-0.2, 0) is 6.42 Å². The minimum absolute atomic E-state index is 0.577. The van der Waals surface area contributed by atoms with Gasteiger partial charge in [0.15, 0.2) is 0 Å². The average molecular weight is 217 g/mol. The summed E-state index contributed by atoms with van der Waals surface area (Å²) in [5.74, 6) is 0. The monoisotopic (exact) mass is 217 g/mol. The number of rotatable bonds is 3. The molecule has 1 N–H and O–H groups in total. The Labute approximate surface area is 99.3 Å². The van der Waals surface area contributed by atoms with Gasteiger partial charge < -0.3 is 5.32 Å². The molecule has 0 aromatic heterocycles. The maximum absolute atomic E-state index is 3.76. The third-order valence-corrected chi connectivity index (χ3v) is 3.72. The highest BCUT2D eigenvalue weighted by molar-refractivity contribution is 5.31. The van der Waals surface area contributed by atoms with Crippen molar-refractivity contribution in [2.45, 2.75) is 58.0 Å². The Kier molecular flexibility index (Phi) is 4.00. The largest absolute Gasteiger partial charge is 0.307 e. The molecule has 0 heterocycles. The third kappa shape index (κ3) is 2.65. The zero-order valence-electron chi connectivity index (χ0n) is 10.5. The minimum Gasteiger partial charge on any atom is -0.307 e. The van der Waals surface area contributed by atoms with Crippen molar-refractivity contribution in [1.82, 2.24) is 5.32 Å². The molecule has 0 saturated heterocycles. The third-order valence-electron chi connectivity index (χ3n) is 3.72. The number of aryl methyl sites for hydroxylation is 1. The minimum atomic E-state index is 0.577. The second-order valence-corrected chi connectivity index (χ2v) is 4.97. The van der Waals surface area contributed by atoms with E-state index >= 15 is 0 Å². The van der Waals surface area contributed by atoms with E-state index in [1.807, 2.05) is 0 Å². The average Bonchev–Trinajstić information content (AvgIpc) is 2.52. The van der Waals surface area contributed by atoms with Crippen LogP contribution in [0, 0.1) is 0 Å². The molecular formula is C15H23N. The molecule has 2 rings (SSSR count). The molecule has 0 radical (unpaired) electrons. The predicted molar refractivity (Wildman–Crippen MR) is 69.6 cm³/mol. The van der Waals surface area contributed by atoms with Crippen molar-refractivity contribution in [2.24, 2.45) is 0 Å². The lowest BCUT2D eigenvalue weighted by Crippen LogP contribution is -2.30. The molecule has 0 spiro atoms. The van der Waals surface area contributed by atoms with Gasteiger partial charge in [0.1, 0.15) is 0 Å². The van der Waals surface area contributed by atoms with Crippen molar-refractivity contribution in [1.29, 1.82) is 0 Å². The Balaban J connectivity index is 2.19. The number of nitrogens with one attached hydrogen (secondary N) is 1. The van der Waals surface area contributed by atoms with E-state index in [2.05, 4.69) is 43.4 Å². The first-order valence-electron chi connectivity index (χ1n) is 6.65. The number of hydrogen-bond acceptors (Lipinski definition) is 1. The summed E-state index contributed by atoms with van der Waals surface area (Å²) in [6.45, 7) is 4.54. The molecule has 1 nitrogen and oxygen atoms in total. The summed E-state index contributed by atoms with van der Waals surface area (Å²) in [7, 11) is 0. The van der Waals surface area contributed by atoms with Gasteiger partial charge in [-0.3, -0.25) is 0 Å². The van der Waals surface area contributed by atoms with Crippen LogP contribution in [0.5, 0.6) is 0 Å². The van der Waals surface area contributed by atoms with Gasteiger partial charge in [-0.05, 0) is 43.7 Å². The maximum atomic E-state index is 3.76. The van der Waals surface area contributed by atoms with Crippen LogP contribution in [0.3, 0.4) is 0 Å². The van der Waals surface area contributed by atoms with Crippen molar-refractivity contribution in [2.75, 3.05) is 0 Å². The van der Waals surface area contributed by atoms with Gasteiger partial charge in [-0.1, -0.05) is 37.6 Å². The van der Waals surface area contributed by atoms with Gasteiger partial charge in [0.2, 0.25) is 0 Å².